The fourth-order valence-electron chi connectivity index (χ4n) is 3.64. The highest BCUT2D eigenvalue weighted by molar-refractivity contribution is 6.02. The minimum atomic E-state index is -4.39. The molecule has 1 amide bonds. The van der Waals surface area contributed by atoms with Gasteiger partial charge < -0.3 is 14.8 Å². The first-order chi connectivity index (χ1) is 16.4. The zero-order valence-corrected chi connectivity index (χ0v) is 17.6. The highest BCUT2D eigenvalue weighted by Gasteiger charge is 2.30. The summed E-state index contributed by atoms with van der Waals surface area (Å²) in [6.07, 6.45) is 4.63. The van der Waals surface area contributed by atoms with E-state index in [9.17, 15) is 18.0 Å². The van der Waals surface area contributed by atoms with Crippen LogP contribution in [0.4, 0.5) is 18.9 Å². The average Bonchev–Trinajstić information content (AvgIpc) is 3.58. The zero-order chi connectivity index (χ0) is 23.7. The van der Waals surface area contributed by atoms with E-state index in [1.54, 1.807) is 24.8 Å². The number of amides is 1. The number of rotatable bonds is 6. The standard InChI is InChI=1S/C24H18F3N5O2/c25-24(26,27)18-3-5-19(6-4-18)32-13-17(11-29-32)16-2-7-21-20(9-16)22(12-28-21)31-23(33)8-1-15-10-30-34-14-15/h2-7,9-14,28H,1,8H2,(H,31,33). The fraction of sp³-hybridized carbons (Fsp3) is 0.125. The predicted octanol–water partition coefficient (Wildman–Crippen LogP) is 5.60. The summed E-state index contributed by atoms with van der Waals surface area (Å²) < 4.78 is 44.7. The van der Waals surface area contributed by atoms with Crippen LogP contribution in [0.2, 0.25) is 0 Å². The summed E-state index contributed by atoms with van der Waals surface area (Å²) in [7, 11) is 0. The van der Waals surface area contributed by atoms with Gasteiger partial charge in [0.1, 0.15) is 6.26 Å². The van der Waals surface area contributed by atoms with Crippen molar-refractivity contribution >= 4 is 22.5 Å². The summed E-state index contributed by atoms with van der Waals surface area (Å²) in [6, 6.07) is 10.5. The maximum absolute atomic E-state index is 12.8. The number of H-pyrrole nitrogens is 1. The van der Waals surface area contributed by atoms with Crippen molar-refractivity contribution in [2.75, 3.05) is 5.32 Å². The summed E-state index contributed by atoms with van der Waals surface area (Å²) in [4.78, 5) is 15.5. The Morgan fingerprint density at radius 1 is 1.09 bits per heavy atom. The molecule has 5 aromatic rings. The molecule has 2 aromatic carbocycles. The lowest BCUT2D eigenvalue weighted by Gasteiger charge is -2.07. The normalized spacial score (nSPS) is 11.7. The van der Waals surface area contributed by atoms with Crippen LogP contribution in [0.1, 0.15) is 17.5 Å². The SMILES string of the molecule is O=C(CCc1cnoc1)Nc1c[nH]c2ccc(-c3cnn(-c4ccc(C(F)(F)F)cc4)c3)cc12. The topological polar surface area (TPSA) is 88.7 Å². The van der Waals surface area contributed by atoms with Crippen LogP contribution < -0.4 is 5.32 Å². The van der Waals surface area contributed by atoms with E-state index in [1.807, 2.05) is 18.2 Å². The number of anilines is 1. The van der Waals surface area contributed by atoms with Crippen LogP contribution >= 0.6 is 0 Å². The number of fused-ring (bicyclic) bond motifs is 1. The number of aromatic amines is 1. The second-order valence-corrected chi connectivity index (χ2v) is 7.76. The van der Waals surface area contributed by atoms with Gasteiger partial charge in [0.25, 0.3) is 0 Å². The number of carbonyl (C=O) groups excluding carboxylic acids is 1. The van der Waals surface area contributed by atoms with Gasteiger partial charge in [-0.2, -0.15) is 18.3 Å². The first-order valence-corrected chi connectivity index (χ1v) is 10.4. The van der Waals surface area contributed by atoms with Gasteiger partial charge in [-0.25, -0.2) is 4.68 Å². The van der Waals surface area contributed by atoms with Crippen molar-refractivity contribution in [1.29, 1.82) is 0 Å². The maximum atomic E-state index is 12.8. The molecule has 3 heterocycles. The number of aryl methyl sites for hydroxylation is 1. The largest absolute Gasteiger partial charge is 0.416 e. The van der Waals surface area contributed by atoms with Crippen LogP contribution in [0.15, 0.2) is 78.0 Å². The molecule has 172 valence electrons. The Kier molecular flexibility index (Phi) is 5.40. The lowest BCUT2D eigenvalue weighted by atomic mass is 10.1. The van der Waals surface area contributed by atoms with E-state index in [1.165, 1.54) is 23.1 Å². The highest BCUT2D eigenvalue weighted by Crippen LogP contribution is 2.31. The Morgan fingerprint density at radius 3 is 2.65 bits per heavy atom. The van der Waals surface area contributed by atoms with Crippen LogP contribution in [0.3, 0.4) is 0 Å². The molecule has 0 spiro atoms. The van der Waals surface area contributed by atoms with Gasteiger partial charge in [0.15, 0.2) is 0 Å². The molecular weight excluding hydrogens is 447 g/mol. The molecule has 0 fully saturated rings. The number of hydrogen-bond acceptors (Lipinski definition) is 4. The molecule has 0 aliphatic rings. The Bertz CT molecular complexity index is 1430. The molecule has 3 aromatic heterocycles. The third kappa shape index (κ3) is 4.42. The first-order valence-electron chi connectivity index (χ1n) is 10.4. The number of nitrogens with zero attached hydrogens (tertiary/aromatic N) is 3. The summed E-state index contributed by atoms with van der Waals surface area (Å²) in [6.45, 7) is 0. The Balaban J connectivity index is 1.34. The third-order valence-corrected chi connectivity index (χ3v) is 5.46. The number of carbonyl (C=O) groups is 1. The van der Waals surface area contributed by atoms with Gasteiger partial charge >= 0.3 is 6.18 Å². The van der Waals surface area contributed by atoms with Gasteiger partial charge in [0, 0.05) is 40.8 Å². The summed E-state index contributed by atoms with van der Waals surface area (Å²) in [5.74, 6) is -0.136. The molecule has 10 heteroatoms. The van der Waals surface area contributed by atoms with E-state index < -0.39 is 11.7 Å². The second kappa shape index (κ2) is 8.54. The van der Waals surface area contributed by atoms with Gasteiger partial charge in [0.2, 0.25) is 5.91 Å². The van der Waals surface area contributed by atoms with Gasteiger partial charge in [-0.05, 0) is 48.4 Å². The van der Waals surface area contributed by atoms with Crippen molar-refractivity contribution < 1.29 is 22.5 Å². The number of nitrogens with one attached hydrogen (secondary N) is 2. The van der Waals surface area contributed by atoms with Crippen molar-refractivity contribution in [2.45, 2.75) is 19.0 Å². The first kappa shape index (κ1) is 21.5. The van der Waals surface area contributed by atoms with Crippen molar-refractivity contribution in [3.63, 3.8) is 0 Å². The van der Waals surface area contributed by atoms with E-state index in [2.05, 4.69) is 20.6 Å². The average molecular weight is 465 g/mol. The van der Waals surface area contributed by atoms with Crippen LogP contribution in [0.5, 0.6) is 0 Å². The van der Waals surface area contributed by atoms with E-state index >= 15 is 0 Å². The van der Waals surface area contributed by atoms with E-state index in [4.69, 9.17) is 4.52 Å². The van der Waals surface area contributed by atoms with E-state index in [0.717, 1.165) is 39.7 Å². The number of alkyl halides is 3. The predicted molar refractivity (Wildman–Crippen MR) is 119 cm³/mol. The number of halogens is 3. The van der Waals surface area contributed by atoms with Crippen molar-refractivity contribution in [3.8, 4) is 16.8 Å². The molecule has 0 atom stereocenters. The molecule has 0 bridgehead atoms. The van der Waals surface area contributed by atoms with Crippen LogP contribution in [0, 0.1) is 0 Å². The smallest absolute Gasteiger partial charge is 0.364 e. The van der Waals surface area contributed by atoms with Crippen LogP contribution in [-0.4, -0.2) is 25.8 Å². The van der Waals surface area contributed by atoms with Gasteiger partial charge in [-0.15, -0.1) is 0 Å². The summed E-state index contributed by atoms with van der Waals surface area (Å²) in [5, 5.41) is 11.7. The summed E-state index contributed by atoms with van der Waals surface area (Å²) >= 11 is 0. The lowest BCUT2D eigenvalue weighted by molar-refractivity contribution is -0.137. The summed E-state index contributed by atoms with van der Waals surface area (Å²) in [5.41, 5.74) is 3.80. The van der Waals surface area contributed by atoms with Crippen molar-refractivity contribution in [3.05, 3.63) is 84.6 Å². The molecule has 2 N–H and O–H groups in total. The molecule has 0 radical (unpaired) electrons. The van der Waals surface area contributed by atoms with Crippen molar-refractivity contribution in [2.24, 2.45) is 0 Å². The van der Waals surface area contributed by atoms with Crippen molar-refractivity contribution in [1.82, 2.24) is 19.9 Å². The van der Waals surface area contributed by atoms with Gasteiger partial charge in [-0.1, -0.05) is 11.2 Å². The highest BCUT2D eigenvalue weighted by atomic mass is 19.4. The molecule has 0 aliphatic carbocycles. The fourth-order valence-corrected chi connectivity index (χ4v) is 3.64. The minimum absolute atomic E-state index is 0.136. The minimum Gasteiger partial charge on any atom is -0.364 e. The molecule has 5 rings (SSSR count). The molecule has 0 unspecified atom stereocenters. The quantitative estimate of drug-likeness (QED) is 0.342. The lowest BCUT2D eigenvalue weighted by Crippen LogP contribution is -2.11. The van der Waals surface area contributed by atoms with Gasteiger partial charge in [-0.3, -0.25) is 4.79 Å². The number of benzene rings is 2. The molecule has 34 heavy (non-hydrogen) atoms. The molecule has 0 saturated carbocycles. The monoisotopic (exact) mass is 465 g/mol. The van der Waals surface area contributed by atoms with E-state index in [-0.39, 0.29) is 12.3 Å². The van der Waals surface area contributed by atoms with E-state index in [0.29, 0.717) is 17.8 Å². The Hall–Kier alpha value is -4.34. The molecule has 7 nitrogen and oxygen atoms in total. The second-order valence-electron chi connectivity index (χ2n) is 7.76. The Morgan fingerprint density at radius 2 is 1.91 bits per heavy atom. The number of hydrogen-bond donors (Lipinski definition) is 2. The van der Waals surface area contributed by atoms with Crippen LogP contribution in [-0.2, 0) is 17.4 Å². The van der Waals surface area contributed by atoms with Crippen LogP contribution in [0.25, 0.3) is 27.7 Å². The number of aromatic nitrogens is 4. The van der Waals surface area contributed by atoms with Gasteiger partial charge in [0.05, 0.1) is 29.3 Å². The third-order valence-electron chi connectivity index (χ3n) is 5.46. The molecule has 0 saturated heterocycles. The zero-order valence-electron chi connectivity index (χ0n) is 17.6. The molecule has 0 aliphatic heterocycles. The Labute approximate surface area is 191 Å². The maximum Gasteiger partial charge on any atom is 0.416 e. The molecular formula is C24H18F3N5O2.